The van der Waals surface area contributed by atoms with Crippen molar-refractivity contribution in [2.75, 3.05) is 6.26 Å². The van der Waals surface area contributed by atoms with Crippen LogP contribution in [0.15, 0.2) is 23.1 Å². The van der Waals surface area contributed by atoms with Crippen LogP contribution in [0.3, 0.4) is 0 Å². The second kappa shape index (κ2) is 4.26. The first kappa shape index (κ1) is 12.9. The molecule has 0 bridgehead atoms. The van der Waals surface area contributed by atoms with Gasteiger partial charge < -0.3 is 5.73 Å². The lowest BCUT2D eigenvalue weighted by molar-refractivity contribution is 0.460. The summed E-state index contributed by atoms with van der Waals surface area (Å²) < 4.78 is 23.1. The zero-order valence-electron chi connectivity index (χ0n) is 9.74. The lowest BCUT2D eigenvalue weighted by atomic mass is 9.89. The summed E-state index contributed by atoms with van der Waals surface area (Å²) in [4.78, 5) is 0.247. The summed E-state index contributed by atoms with van der Waals surface area (Å²) in [6.07, 6.45) is 5.11. The van der Waals surface area contributed by atoms with Gasteiger partial charge in [-0.05, 0) is 36.6 Å². The molecule has 2 rings (SSSR count). The lowest BCUT2D eigenvalue weighted by Crippen LogP contribution is -2.33. The van der Waals surface area contributed by atoms with Crippen molar-refractivity contribution in [2.45, 2.75) is 36.1 Å². The van der Waals surface area contributed by atoms with Crippen molar-refractivity contribution in [1.29, 1.82) is 0 Å². The maximum atomic E-state index is 11.6. The molecular weight excluding hydrogens is 258 g/mol. The molecule has 1 aliphatic carbocycles. The molecule has 0 spiro atoms. The lowest BCUT2D eigenvalue weighted by Gasteiger charge is -2.24. The normalized spacial score (nSPS) is 19.5. The van der Waals surface area contributed by atoms with Crippen LogP contribution in [0.4, 0.5) is 0 Å². The molecule has 1 aromatic rings. The van der Waals surface area contributed by atoms with Crippen LogP contribution in [0.1, 0.15) is 31.2 Å². The average Bonchev–Trinajstić information content (AvgIpc) is 2.64. The van der Waals surface area contributed by atoms with Crippen LogP contribution in [0, 0.1) is 0 Å². The number of hydrogen-bond donors (Lipinski definition) is 1. The second-order valence-electron chi connectivity index (χ2n) is 4.81. The van der Waals surface area contributed by atoms with E-state index in [9.17, 15) is 8.42 Å². The van der Waals surface area contributed by atoms with Crippen LogP contribution in [-0.4, -0.2) is 14.7 Å². The Morgan fingerprint density at radius 3 is 2.35 bits per heavy atom. The predicted molar refractivity (Wildman–Crippen MR) is 68.9 cm³/mol. The summed E-state index contributed by atoms with van der Waals surface area (Å²) >= 11 is 5.98. The molecule has 17 heavy (non-hydrogen) atoms. The third-order valence-corrected chi connectivity index (χ3v) is 4.68. The molecule has 3 nitrogen and oxygen atoms in total. The molecule has 0 amide bonds. The second-order valence-corrected chi connectivity index (χ2v) is 7.26. The van der Waals surface area contributed by atoms with Gasteiger partial charge in [0.25, 0.3) is 0 Å². The van der Waals surface area contributed by atoms with Crippen molar-refractivity contribution >= 4 is 21.4 Å². The van der Waals surface area contributed by atoms with E-state index in [1.165, 1.54) is 12.3 Å². The summed E-state index contributed by atoms with van der Waals surface area (Å²) in [5.74, 6) is 0. The SMILES string of the molecule is CS(=O)(=O)c1cc(Cl)cc(C2(N)CCCC2)c1. The van der Waals surface area contributed by atoms with Gasteiger partial charge in [0.05, 0.1) is 4.90 Å². The molecule has 1 fully saturated rings. The number of halogens is 1. The molecule has 0 aliphatic heterocycles. The van der Waals surface area contributed by atoms with Crippen LogP contribution in [0.25, 0.3) is 0 Å². The largest absolute Gasteiger partial charge is 0.321 e. The summed E-state index contributed by atoms with van der Waals surface area (Å²) in [5, 5.41) is 0.430. The Balaban J connectivity index is 2.52. The van der Waals surface area contributed by atoms with Crippen molar-refractivity contribution in [3.05, 3.63) is 28.8 Å². The van der Waals surface area contributed by atoms with Crippen molar-refractivity contribution in [3.63, 3.8) is 0 Å². The summed E-state index contributed by atoms with van der Waals surface area (Å²) in [7, 11) is -3.24. The van der Waals surface area contributed by atoms with E-state index in [1.54, 1.807) is 12.1 Å². The first-order chi connectivity index (χ1) is 7.81. The Hall–Kier alpha value is -0.580. The highest BCUT2D eigenvalue weighted by Crippen LogP contribution is 2.38. The van der Waals surface area contributed by atoms with E-state index in [0.29, 0.717) is 5.02 Å². The molecular formula is C12H16ClNO2S. The summed E-state index contributed by atoms with van der Waals surface area (Å²) in [6.45, 7) is 0. The van der Waals surface area contributed by atoms with Gasteiger partial charge >= 0.3 is 0 Å². The molecule has 0 unspecified atom stereocenters. The Morgan fingerprint density at radius 2 is 1.82 bits per heavy atom. The molecule has 0 saturated heterocycles. The van der Waals surface area contributed by atoms with Gasteiger partial charge in [0, 0.05) is 16.8 Å². The monoisotopic (exact) mass is 273 g/mol. The third kappa shape index (κ3) is 2.64. The van der Waals surface area contributed by atoms with E-state index in [1.807, 2.05) is 0 Å². The molecule has 0 aromatic heterocycles. The Kier molecular flexibility index (Phi) is 3.23. The summed E-state index contributed by atoms with van der Waals surface area (Å²) in [5.41, 5.74) is 6.73. The Morgan fingerprint density at radius 1 is 1.24 bits per heavy atom. The van der Waals surface area contributed by atoms with Gasteiger partial charge in [-0.25, -0.2) is 8.42 Å². The fraction of sp³-hybridized carbons (Fsp3) is 0.500. The van der Waals surface area contributed by atoms with Crippen molar-refractivity contribution in [1.82, 2.24) is 0 Å². The van der Waals surface area contributed by atoms with Crippen molar-refractivity contribution in [2.24, 2.45) is 5.73 Å². The van der Waals surface area contributed by atoms with Gasteiger partial charge in [-0.15, -0.1) is 0 Å². The first-order valence-corrected chi connectivity index (χ1v) is 7.88. The molecule has 1 aliphatic rings. The molecule has 0 atom stereocenters. The van der Waals surface area contributed by atoms with Gasteiger partial charge in [0.15, 0.2) is 9.84 Å². The topological polar surface area (TPSA) is 60.2 Å². The molecule has 1 aromatic carbocycles. The number of sulfone groups is 1. The van der Waals surface area contributed by atoms with E-state index < -0.39 is 15.4 Å². The third-order valence-electron chi connectivity index (χ3n) is 3.37. The minimum absolute atomic E-state index is 0.247. The maximum absolute atomic E-state index is 11.6. The quantitative estimate of drug-likeness (QED) is 0.900. The average molecular weight is 274 g/mol. The number of benzene rings is 1. The van der Waals surface area contributed by atoms with Gasteiger partial charge in [0.1, 0.15) is 0 Å². The Labute approximate surface area is 107 Å². The smallest absolute Gasteiger partial charge is 0.175 e. The highest BCUT2D eigenvalue weighted by molar-refractivity contribution is 7.90. The van der Waals surface area contributed by atoms with Crippen LogP contribution >= 0.6 is 11.6 Å². The molecule has 1 saturated carbocycles. The van der Waals surface area contributed by atoms with Gasteiger partial charge in [-0.1, -0.05) is 24.4 Å². The Bertz CT molecular complexity index is 533. The number of nitrogens with two attached hydrogens (primary N) is 1. The zero-order valence-corrected chi connectivity index (χ0v) is 11.3. The van der Waals surface area contributed by atoms with Gasteiger partial charge in [-0.3, -0.25) is 0 Å². The van der Waals surface area contributed by atoms with Gasteiger partial charge in [-0.2, -0.15) is 0 Å². The van der Waals surface area contributed by atoms with Crippen LogP contribution in [0.5, 0.6) is 0 Å². The van der Waals surface area contributed by atoms with Crippen LogP contribution in [-0.2, 0) is 15.4 Å². The molecule has 2 N–H and O–H groups in total. The van der Waals surface area contributed by atoms with Crippen LogP contribution in [0.2, 0.25) is 5.02 Å². The molecule has 5 heteroatoms. The predicted octanol–water partition coefficient (Wildman–Crippen LogP) is 2.47. The van der Waals surface area contributed by atoms with E-state index >= 15 is 0 Å². The fourth-order valence-corrected chi connectivity index (χ4v) is 3.34. The molecule has 0 heterocycles. The zero-order chi connectivity index (χ0) is 12.7. The minimum Gasteiger partial charge on any atom is -0.321 e. The first-order valence-electron chi connectivity index (χ1n) is 5.61. The van der Waals surface area contributed by atoms with E-state index in [4.69, 9.17) is 17.3 Å². The minimum atomic E-state index is -3.24. The number of hydrogen-bond acceptors (Lipinski definition) is 3. The standard InChI is InChI=1S/C12H16ClNO2S/c1-17(15,16)11-7-9(6-10(13)8-11)12(14)4-2-3-5-12/h6-8H,2-5,14H2,1H3. The highest BCUT2D eigenvalue weighted by Gasteiger charge is 2.32. The molecule has 0 radical (unpaired) electrons. The van der Waals surface area contributed by atoms with Crippen LogP contribution < -0.4 is 5.73 Å². The summed E-state index contributed by atoms with van der Waals surface area (Å²) in [6, 6.07) is 4.91. The number of rotatable bonds is 2. The van der Waals surface area contributed by atoms with E-state index in [0.717, 1.165) is 31.2 Å². The maximum Gasteiger partial charge on any atom is 0.175 e. The van der Waals surface area contributed by atoms with Crippen molar-refractivity contribution in [3.8, 4) is 0 Å². The fourth-order valence-electron chi connectivity index (χ4n) is 2.36. The van der Waals surface area contributed by atoms with E-state index in [-0.39, 0.29) is 4.90 Å². The highest BCUT2D eigenvalue weighted by atomic mass is 35.5. The molecule has 94 valence electrons. The van der Waals surface area contributed by atoms with Crippen molar-refractivity contribution < 1.29 is 8.42 Å². The van der Waals surface area contributed by atoms with Gasteiger partial charge in [0.2, 0.25) is 0 Å². The van der Waals surface area contributed by atoms with E-state index in [2.05, 4.69) is 0 Å².